The molecule has 3 heteroatoms. The maximum absolute atomic E-state index is 8.90. The Hall–Kier alpha value is -1.79. The van der Waals surface area contributed by atoms with E-state index in [0.717, 1.165) is 18.7 Å². The number of hydrogen-bond acceptors (Lipinski definition) is 3. The van der Waals surface area contributed by atoms with Crippen LogP contribution >= 0.6 is 11.3 Å². The molecule has 2 nitrogen and oxygen atoms in total. The van der Waals surface area contributed by atoms with Crippen molar-refractivity contribution in [3.05, 3.63) is 51.2 Å². The molecule has 0 amide bonds. The molecule has 2 rings (SSSR count). The number of nitrogens with one attached hydrogen (secondary N) is 1. The molecule has 0 unspecified atom stereocenters. The molecule has 0 aliphatic carbocycles. The summed E-state index contributed by atoms with van der Waals surface area (Å²) in [6.07, 6.45) is 1.09. The van der Waals surface area contributed by atoms with Gasteiger partial charge >= 0.3 is 0 Å². The maximum atomic E-state index is 8.90. The SMILES string of the molecule is CCc1ccc(CNc2cc(C#N)ccc2C)s1. The van der Waals surface area contributed by atoms with Gasteiger partial charge in [0.1, 0.15) is 0 Å². The monoisotopic (exact) mass is 256 g/mol. The third-order valence-electron chi connectivity index (χ3n) is 2.89. The first-order chi connectivity index (χ1) is 8.72. The third kappa shape index (κ3) is 2.91. The summed E-state index contributed by atoms with van der Waals surface area (Å²) in [6, 6.07) is 12.2. The highest BCUT2D eigenvalue weighted by Gasteiger charge is 2.02. The highest BCUT2D eigenvalue weighted by atomic mass is 32.1. The first kappa shape index (κ1) is 12.7. The Kier molecular flexibility index (Phi) is 4.01. The highest BCUT2D eigenvalue weighted by molar-refractivity contribution is 7.12. The molecular formula is C15H16N2S. The number of rotatable bonds is 4. The summed E-state index contributed by atoms with van der Waals surface area (Å²) in [4.78, 5) is 2.74. The molecule has 1 N–H and O–H groups in total. The van der Waals surface area contributed by atoms with Gasteiger partial charge in [0.25, 0.3) is 0 Å². The average Bonchev–Trinajstić information content (AvgIpc) is 2.86. The lowest BCUT2D eigenvalue weighted by Crippen LogP contribution is -1.99. The predicted molar refractivity (Wildman–Crippen MR) is 76.9 cm³/mol. The molecule has 1 aromatic carbocycles. The van der Waals surface area contributed by atoms with Crippen molar-refractivity contribution < 1.29 is 0 Å². The Morgan fingerprint density at radius 2 is 2.00 bits per heavy atom. The maximum Gasteiger partial charge on any atom is 0.0992 e. The van der Waals surface area contributed by atoms with Gasteiger partial charge in [0.2, 0.25) is 0 Å². The minimum absolute atomic E-state index is 0.698. The minimum Gasteiger partial charge on any atom is -0.380 e. The van der Waals surface area contributed by atoms with Crippen LogP contribution in [0.2, 0.25) is 0 Å². The summed E-state index contributed by atoms with van der Waals surface area (Å²) in [5, 5.41) is 12.3. The van der Waals surface area contributed by atoms with Crippen LogP contribution in [-0.4, -0.2) is 0 Å². The Balaban J connectivity index is 2.08. The lowest BCUT2D eigenvalue weighted by Gasteiger charge is -2.08. The number of aryl methyl sites for hydroxylation is 2. The molecule has 2 aromatic rings. The molecule has 0 aliphatic rings. The topological polar surface area (TPSA) is 35.8 Å². The van der Waals surface area contributed by atoms with Gasteiger partial charge in [-0.25, -0.2) is 0 Å². The van der Waals surface area contributed by atoms with Gasteiger partial charge in [-0.2, -0.15) is 5.26 Å². The van der Waals surface area contributed by atoms with Gasteiger partial charge in [-0.1, -0.05) is 13.0 Å². The number of hydrogen-bond donors (Lipinski definition) is 1. The molecule has 0 spiro atoms. The minimum atomic E-state index is 0.698. The van der Waals surface area contributed by atoms with Crippen molar-refractivity contribution >= 4 is 17.0 Å². The van der Waals surface area contributed by atoms with Crippen LogP contribution in [-0.2, 0) is 13.0 Å². The number of nitriles is 1. The summed E-state index contributed by atoms with van der Waals surface area (Å²) >= 11 is 1.84. The smallest absolute Gasteiger partial charge is 0.0992 e. The molecule has 1 heterocycles. The second-order valence-corrected chi connectivity index (χ2v) is 5.47. The van der Waals surface area contributed by atoms with E-state index in [1.54, 1.807) is 0 Å². The van der Waals surface area contributed by atoms with Crippen LogP contribution in [0.1, 0.15) is 27.8 Å². The van der Waals surface area contributed by atoms with Crippen LogP contribution in [0.3, 0.4) is 0 Å². The number of nitrogens with zero attached hydrogens (tertiary/aromatic N) is 1. The second kappa shape index (κ2) is 5.70. The molecule has 1 aromatic heterocycles. The van der Waals surface area contributed by atoms with Gasteiger partial charge in [-0.3, -0.25) is 0 Å². The lowest BCUT2D eigenvalue weighted by molar-refractivity contribution is 1.18. The zero-order valence-electron chi connectivity index (χ0n) is 10.7. The van der Waals surface area contributed by atoms with Crippen LogP contribution in [0.15, 0.2) is 30.3 Å². The number of benzene rings is 1. The van der Waals surface area contributed by atoms with Crippen molar-refractivity contribution in [2.45, 2.75) is 26.8 Å². The summed E-state index contributed by atoms with van der Waals surface area (Å²) in [7, 11) is 0. The zero-order chi connectivity index (χ0) is 13.0. The molecule has 0 aliphatic heterocycles. The normalized spacial score (nSPS) is 10.1. The summed E-state index contributed by atoms with van der Waals surface area (Å²) in [6.45, 7) is 5.04. The fraction of sp³-hybridized carbons (Fsp3) is 0.267. The van der Waals surface area contributed by atoms with Crippen molar-refractivity contribution in [1.82, 2.24) is 0 Å². The molecule has 0 fully saturated rings. The quantitative estimate of drug-likeness (QED) is 0.893. The predicted octanol–water partition coefficient (Wildman–Crippen LogP) is 4.10. The molecule has 0 bridgehead atoms. The van der Waals surface area contributed by atoms with E-state index in [9.17, 15) is 0 Å². The fourth-order valence-electron chi connectivity index (χ4n) is 1.77. The number of thiophene rings is 1. The molecule has 18 heavy (non-hydrogen) atoms. The van der Waals surface area contributed by atoms with Gasteiger partial charge in [0.15, 0.2) is 0 Å². The van der Waals surface area contributed by atoms with Crippen LogP contribution < -0.4 is 5.32 Å². The molecular weight excluding hydrogens is 240 g/mol. The summed E-state index contributed by atoms with van der Waals surface area (Å²) < 4.78 is 0. The van der Waals surface area contributed by atoms with Crippen LogP contribution in [0, 0.1) is 18.3 Å². The Morgan fingerprint density at radius 3 is 2.67 bits per heavy atom. The molecule has 0 saturated carbocycles. The van der Waals surface area contributed by atoms with Crippen molar-refractivity contribution in [2.24, 2.45) is 0 Å². The van der Waals surface area contributed by atoms with E-state index in [4.69, 9.17) is 5.26 Å². The van der Waals surface area contributed by atoms with Crippen LogP contribution in [0.4, 0.5) is 5.69 Å². The van der Waals surface area contributed by atoms with Crippen LogP contribution in [0.5, 0.6) is 0 Å². The third-order valence-corrected chi connectivity index (χ3v) is 4.12. The van der Waals surface area contributed by atoms with Gasteiger partial charge in [-0.05, 0) is 43.2 Å². The van der Waals surface area contributed by atoms with E-state index in [0.29, 0.717) is 5.56 Å². The van der Waals surface area contributed by atoms with E-state index in [-0.39, 0.29) is 0 Å². The Morgan fingerprint density at radius 1 is 1.22 bits per heavy atom. The van der Waals surface area contributed by atoms with Crippen LogP contribution in [0.25, 0.3) is 0 Å². The Labute approximate surface area is 112 Å². The number of anilines is 1. The van der Waals surface area contributed by atoms with Crippen molar-refractivity contribution in [2.75, 3.05) is 5.32 Å². The second-order valence-electron chi connectivity index (χ2n) is 4.22. The van der Waals surface area contributed by atoms with E-state index >= 15 is 0 Å². The van der Waals surface area contributed by atoms with Gasteiger partial charge in [0.05, 0.1) is 11.6 Å². The molecule has 0 saturated heterocycles. The standard InChI is InChI=1S/C15H16N2S/c1-3-13-6-7-14(18-13)10-17-15-8-12(9-16)5-4-11(15)2/h4-8,17H,3,10H2,1-2H3. The summed E-state index contributed by atoms with van der Waals surface area (Å²) in [5.41, 5.74) is 2.91. The lowest BCUT2D eigenvalue weighted by atomic mass is 10.1. The molecule has 0 atom stereocenters. The van der Waals surface area contributed by atoms with E-state index in [1.807, 2.05) is 29.5 Å². The van der Waals surface area contributed by atoms with Crippen molar-refractivity contribution in [1.29, 1.82) is 5.26 Å². The van der Waals surface area contributed by atoms with E-state index in [1.165, 1.54) is 15.3 Å². The molecule has 92 valence electrons. The van der Waals surface area contributed by atoms with Crippen molar-refractivity contribution in [3.8, 4) is 6.07 Å². The first-order valence-corrected chi connectivity index (χ1v) is 6.86. The Bertz CT molecular complexity index is 578. The van der Waals surface area contributed by atoms with E-state index in [2.05, 4.69) is 37.4 Å². The first-order valence-electron chi connectivity index (χ1n) is 6.05. The molecule has 0 radical (unpaired) electrons. The van der Waals surface area contributed by atoms with Crippen molar-refractivity contribution in [3.63, 3.8) is 0 Å². The van der Waals surface area contributed by atoms with Gasteiger partial charge < -0.3 is 5.32 Å². The van der Waals surface area contributed by atoms with E-state index < -0.39 is 0 Å². The largest absolute Gasteiger partial charge is 0.380 e. The summed E-state index contributed by atoms with van der Waals surface area (Å²) in [5.74, 6) is 0. The van der Waals surface area contributed by atoms with Gasteiger partial charge in [0, 0.05) is 22.0 Å². The van der Waals surface area contributed by atoms with Gasteiger partial charge in [-0.15, -0.1) is 11.3 Å². The highest BCUT2D eigenvalue weighted by Crippen LogP contribution is 2.21. The average molecular weight is 256 g/mol. The zero-order valence-corrected chi connectivity index (χ0v) is 11.5. The fourth-order valence-corrected chi connectivity index (χ4v) is 2.67.